The van der Waals surface area contributed by atoms with E-state index in [0.717, 1.165) is 0 Å². The van der Waals surface area contributed by atoms with Crippen LogP contribution in [0.25, 0.3) is 0 Å². The first kappa shape index (κ1) is 7.69. The lowest BCUT2D eigenvalue weighted by atomic mass is 10.3. The molecule has 0 rings (SSSR count). The number of alkyl halides is 1. The molecule has 48 valence electrons. The fraction of sp³-hybridized carbons (Fsp3) is 1.00. The van der Waals surface area contributed by atoms with Crippen molar-refractivity contribution in [1.82, 2.24) is 0 Å². The summed E-state index contributed by atoms with van der Waals surface area (Å²) in [6.45, 7) is 1.75. The van der Waals surface area contributed by atoms with Crippen LogP contribution in [-0.2, 0) is 0 Å². The maximum Gasteiger partial charge on any atom is 0.226 e. The summed E-state index contributed by atoms with van der Waals surface area (Å²) in [4.78, 5) is 9.53. The van der Waals surface area contributed by atoms with Gasteiger partial charge in [-0.05, 0) is 0 Å². The Morgan fingerprint density at radius 3 is 2.38 bits per heavy atom. The number of nitrogens with zero attached hydrogens (tertiary/aromatic N) is 1. The Labute approximate surface area is 52.8 Å². The van der Waals surface area contributed by atoms with Crippen molar-refractivity contribution >= 4 is 11.6 Å². The van der Waals surface area contributed by atoms with E-state index in [1.165, 1.54) is 0 Å². The summed E-state index contributed by atoms with van der Waals surface area (Å²) in [6, 6.07) is -0.559. The second kappa shape index (κ2) is 3.66. The van der Waals surface area contributed by atoms with E-state index in [0.29, 0.717) is 6.42 Å². The van der Waals surface area contributed by atoms with E-state index in [2.05, 4.69) is 0 Å². The minimum atomic E-state index is -0.559. The normalized spacial score (nSPS) is 13.2. The highest BCUT2D eigenvalue weighted by atomic mass is 35.5. The van der Waals surface area contributed by atoms with Gasteiger partial charge >= 0.3 is 0 Å². The third-order valence-electron chi connectivity index (χ3n) is 0.948. The van der Waals surface area contributed by atoms with Gasteiger partial charge in [0.25, 0.3) is 0 Å². The summed E-state index contributed by atoms with van der Waals surface area (Å²) in [5, 5.41) is 9.88. The van der Waals surface area contributed by atoms with Crippen molar-refractivity contribution in [2.45, 2.75) is 19.4 Å². The molecule has 0 aromatic carbocycles. The molecule has 0 heterocycles. The molecule has 0 N–H and O–H groups in total. The molecular weight excluding hydrogens is 130 g/mol. The van der Waals surface area contributed by atoms with Crippen molar-refractivity contribution in [3.63, 3.8) is 0 Å². The van der Waals surface area contributed by atoms with Gasteiger partial charge in [0.15, 0.2) is 0 Å². The van der Waals surface area contributed by atoms with Crippen molar-refractivity contribution in [2.24, 2.45) is 0 Å². The Morgan fingerprint density at radius 2 is 2.38 bits per heavy atom. The zero-order chi connectivity index (χ0) is 6.57. The average Bonchev–Trinajstić information content (AvgIpc) is 1.69. The topological polar surface area (TPSA) is 43.1 Å². The minimum Gasteiger partial charge on any atom is -0.264 e. The summed E-state index contributed by atoms with van der Waals surface area (Å²) < 4.78 is 0. The first-order valence-electron chi connectivity index (χ1n) is 2.41. The van der Waals surface area contributed by atoms with E-state index >= 15 is 0 Å². The number of hydrogen-bond acceptors (Lipinski definition) is 2. The van der Waals surface area contributed by atoms with E-state index in [1.807, 2.05) is 0 Å². The van der Waals surface area contributed by atoms with E-state index in [9.17, 15) is 10.1 Å². The molecule has 0 fully saturated rings. The van der Waals surface area contributed by atoms with Gasteiger partial charge in [-0.1, -0.05) is 6.92 Å². The van der Waals surface area contributed by atoms with Crippen LogP contribution in [0.15, 0.2) is 0 Å². The number of halogens is 1. The molecule has 1 unspecified atom stereocenters. The van der Waals surface area contributed by atoms with Crippen LogP contribution in [0, 0.1) is 10.1 Å². The van der Waals surface area contributed by atoms with Gasteiger partial charge in [-0.15, -0.1) is 11.6 Å². The molecule has 0 aliphatic carbocycles. The Hall–Kier alpha value is -0.310. The lowest BCUT2D eigenvalue weighted by Crippen LogP contribution is -2.19. The van der Waals surface area contributed by atoms with Crippen molar-refractivity contribution in [3.8, 4) is 0 Å². The molecule has 8 heavy (non-hydrogen) atoms. The second-order valence-electron chi connectivity index (χ2n) is 1.50. The van der Waals surface area contributed by atoms with Crippen LogP contribution < -0.4 is 0 Å². The zero-order valence-corrected chi connectivity index (χ0v) is 5.39. The Kier molecular flexibility index (Phi) is 3.52. The zero-order valence-electron chi connectivity index (χ0n) is 4.63. The van der Waals surface area contributed by atoms with E-state index in [4.69, 9.17) is 11.6 Å². The molecule has 0 bridgehead atoms. The Balaban J connectivity index is 3.52. The quantitative estimate of drug-likeness (QED) is 0.334. The third kappa shape index (κ3) is 2.12. The molecule has 0 aliphatic heterocycles. The fourth-order valence-corrected chi connectivity index (χ4v) is 0.645. The highest BCUT2D eigenvalue weighted by Crippen LogP contribution is 1.97. The summed E-state index contributed by atoms with van der Waals surface area (Å²) in [7, 11) is 0. The van der Waals surface area contributed by atoms with Gasteiger partial charge in [0.1, 0.15) is 0 Å². The number of nitro groups is 1. The van der Waals surface area contributed by atoms with Crippen LogP contribution in [0.3, 0.4) is 0 Å². The maximum atomic E-state index is 9.88. The standard InChI is InChI=1S/C4H8ClNO2/c1-2-4(3-5)6(7)8/h4H,2-3H2,1H3. The molecule has 0 aromatic heterocycles. The van der Waals surface area contributed by atoms with Crippen molar-refractivity contribution in [3.05, 3.63) is 10.1 Å². The van der Waals surface area contributed by atoms with Gasteiger partial charge in [-0.3, -0.25) is 10.1 Å². The highest BCUT2D eigenvalue weighted by molar-refractivity contribution is 6.18. The molecule has 0 saturated carbocycles. The van der Waals surface area contributed by atoms with Gasteiger partial charge in [0, 0.05) is 11.3 Å². The molecule has 0 amide bonds. The monoisotopic (exact) mass is 137 g/mol. The van der Waals surface area contributed by atoms with Crippen LogP contribution >= 0.6 is 11.6 Å². The average molecular weight is 138 g/mol. The van der Waals surface area contributed by atoms with Gasteiger partial charge < -0.3 is 0 Å². The fourth-order valence-electron chi connectivity index (χ4n) is 0.315. The van der Waals surface area contributed by atoms with Crippen molar-refractivity contribution in [2.75, 3.05) is 5.88 Å². The lowest BCUT2D eigenvalue weighted by Gasteiger charge is -1.98. The molecule has 0 radical (unpaired) electrons. The van der Waals surface area contributed by atoms with Crippen LogP contribution in [0.5, 0.6) is 0 Å². The van der Waals surface area contributed by atoms with Crippen molar-refractivity contribution in [1.29, 1.82) is 0 Å². The molecule has 0 aliphatic rings. The lowest BCUT2D eigenvalue weighted by molar-refractivity contribution is -0.517. The predicted octanol–water partition coefficient (Wildman–Crippen LogP) is 1.28. The molecule has 0 saturated heterocycles. The maximum absolute atomic E-state index is 9.88. The number of rotatable bonds is 3. The molecule has 3 nitrogen and oxygen atoms in total. The number of hydrogen-bond donors (Lipinski definition) is 0. The Bertz CT molecular complexity index is 82.1. The van der Waals surface area contributed by atoms with Gasteiger partial charge in [-0.2, -0.15) is 0 Å². The summed E-state index contributed by atoms with van der Waals surface area (Å²) in [5.74, 6) is 0.115. The van der Waals surface area contributed by atoms with Crippen LogP contribution in [0.4, 0.5) is 0 Å². The first-order chi connectivity index (χ1) is 3.72. The van der Waals surface area contributed by atoms with Gasteiger partial charge in [-0.25, -0.2) is 0 Å². The Morgan fingerprint density at radius 1 is 1.88 bits per heavy atom. The highest BCUT2D eigenvalue weighted by Gasteiger charge is 2.13. The van der Waals surface area contributed by atoms with Crippen LogP contribution in [-0.4, -0.2) is 16.8 Å². The van der Waals surface area contributed by atoms with Crippen molar-refractivity contribution < 1.29 is 4.92 Å². The summed E-state index contributed by atoms with van der Waals surface area (Å²) in [5.41, 5.74) is 0. The molecule has 1 atom stereocenters. The molecular formula is C4H8ClNO2. The molecule has 0 aromatic rings. The molecule has 0 spiro atoms. The SMILES string of the molecule is CCC(CCl)[N+](=O)[O-]. The van der Waals surface area contributed by atoms with Crippen LogP contribution in [0.2, 0.25) is 0 Å². The smallest absolute Gasteiger partial charge is 0.226 e. The second-order valence-corrected chi connectivity index (χ2v) is 1.81. The third-order valence-corrected chi connectivity index (χ3v) is 1.30. The minimum absolute atomic E-state index is 0.115. The van der Waals surface area contributed by atoms with E-state index in [-0.39, 0.29) is 10.8 Å². The largest absolute Gasteiger partial charge is 0.264 e. The predicted molar refractivity (Wildman–Crippen MR) is 31.8 cm³/mol. The van der Waals surface area contributed by atoms with E-state index in [1.54, 1.807) is 6.92 Å². The van der Waals surface area contributed by atoms with E-state index < -0.39 is 6.04 Å². The van der Waals surface area contributed by atoms with Gasteiger partial charge in [0.2, 0.25) is 6.04 Å². The van der Waals surface area contributed by atoms with Crippen LogP contribution in [0.1, 0.15) is 13.3 Å². The summed E-state index contributed by atoms with van der Waals surface area (Å²) >= 11 is 5.22. The van der Waals surface area contributed by atoms with Gasteiger partial charge in [0.05, 0.1) is 5.88 Å². The summed E-state index contributed by atoms with van der Waals surface area (Å²) in [6.07, 6.45) is 0.510. The molecule has 4 heteroatoms. The first-order valence-corrected chi connectivity index (χ1v) is 2.95.